The molecular weight excluding hydrogens is 372 g/mol. The number of rotatable bonds is 5. The highest BCUT2D eigenvalue weighted by Crippen LogP contribution is 2.31. The number of amides is 4. The van der Waals surface area contributed by atoms with Crippen molar-refractivity contribution in [2.24, 2.45) is 5.73 Å². The van der Waals surface area contributed by atoms with E-state index in [1.165, 1.54) is 9.80 Å². The predicted molar refractivity (Wildman–Crippen MR) is 105 cm³/mol. The van der Waals surface area contributed by atoms with Crippen molar-refractivity contribution < 1.29 is 19.1 Å². The fraction of sp³-hybridized carbons (Fsp3) is 0.333. The van der Waals surface area contributed by atoms with E-state index in [9.17, 15) is 14.4 Å². The van der Waals surface area contributed by atoms with E-state index in [0.29, 0.717) is 25.7 Å². The SMILES string of the molecule is NC(=O)c1cccnc1OC1CCC(N2C(=O)CN(c3ccccc3)C2=O)CC1. The molecule has 0 radical (unpaired) electrons. The van der Waals surface area contributed by atoms with Crippen LogP contribution in [0, 0.1) is 0 Å². The Morgan fingerprint density at radius 2 is 1.76 bits per heavy atom. The maximum absolute atomic E-state index is 12.8. The van der Waals surface area contributed by atoms with Gasteiger partial charge in [-0.3, -0.25) is 19.4 Å². The topological polar surface area (TPSA) is 106 Å². The van der Waals surface area contributed by atoms with Crippen molar-refractivity contribution in [3.8, 4) is 5.88 Å². The first-order valence-electron chi connectivity index (χ1n) is 9.64. The molecular formula is C21H22N4O4. The molecule has 2 heterocycles. The zero-order valence-electron chi connectivity index (χ0n) is 15.9. The summed E-state index contributed by atoms with van der Waals surface area (Å²) in [6.45, 7) is 0.0647. The van der Waals surface area contributed by atoms with Gasteiger partial charge in [0, 0.05) is 17.9 Å². The average molecular weight is 394 g/mol. The molecule has 0 unspecified atom stereocenters. The van der Waals surface area contributed by atoms with Gasteiger partial charge in [0.2, 0.25) is 5.88 Å². The molecule has 0 atom stereocenters. The summed E-state index contributed by atoms with van der Waals surface area (Å²) >= 11 is 0. The monoisotopic (exact) mass is 394 g/mol. The molecule has 1 aliphatic carbocycles. The Kier molecular flexibility index (Phi) is 5.16. The van der Waals surface area contributed by atoms with Gasteiger partial charge in [-0.05, 0) is 49.9 Å². The minimum atomic E-state index is -0.587. The van der Waals surface area contributed by atoms with Gasteiger partial charge in [-0.2, -0.15) is 0 Å². The van der Waals surface area contributed by atoms with Gasteiger partial charge in [0.15, 0.2) is 0 Å². The number of pyridine rings is 1. The van der Waals surface area contributed by atoms with E-state index in [1.54, 1.807) is 18.3 Å². The third-order valence-electron chi connectivity index (χ3n) is 5.39. The van der Waals surface area contributed by atoms with E-state index in [1.807, 2.05) is 30.3 Å². The van der Waals surface area contributed by atoms with Crippen LogP contribution < -0.4 is 15.4 Å². The summed E-state index contributed by atoms with van der Waals surface area (Å²) in [7, 11) is 0. The number of anilines is 1. The maximum Gasteiger partial charge on any atom is 0.331 e. The first-order valence-corrected chi connectivity index (χ1v) is 9.64. The number of benzene rings is 1. The Bertz CT molecular complexity index is 925. The lowest BCUT2D eigenvalue weighted by Crippen LogP contribution is -2.44. The van der Waals surface area contributed by atoms with Gasteiger partial charge >= 0.3 is 6.03 Å². The van der Waals surface area contributed by atoms with Crippen LogP contribution in [0.3, 0.4) is 0 Å². The molecule has 2 fully saturated rings. The predicted octanol–water partition coefficient (Wildman–Crippen LogP) is 2.34. The molecule has 2 aliphatic rings. The molecule has 1 aliphatic heterocycles. The standard InChI is InChI=1S/C21H22N4O4/c22-19(27)17-7-4-12-23-20(17)29-16-10-8-15(9-11-16)25-18(26)13-24(21(25)28)14-5-2-1-3-6-14/h1-7,12,15-16H,8-11,13H2,(H2,22,27). The Balaban J connectivity index is 1.39. The van der Waals surface area contributed by atoms with Crippen molar-refractivity contribution >= 4 is 23.5 Å². The third-order valence-corrected chi connectivity index (χ3v) is 5.39. The van der Waals surface area contributed by atoms with Gasteiger partial charge in [-0.15, -0.1) is 0 Å². The number of ether oxygens (including phenoxy) is 1. The molecule has 150 valence electrons. The Morgan fingerprint density at radius 3 is 2.45 bits per heavy atom. The molecule has 4 rings (SSSR count). The number of carbonyl (C=O) groups is 3. The van der Waals surface area contributed by atoms with Crippen LogP contribution in [-0.4, -0.2) is 46.4 Å². The van der Waals surface area contributed by atoms with Crippen LogP contribution in [0.1, 0.15) is 36.0 Å². The van der Waals surface area contributed by atoms with Crippen LogP contribution in [0.4, 0.5) is 10.5 Å². The molecule has 2 N–H and O–H groups in total. The largest absolute Gasteiger partial charge is 0.474 e. The molecule has 0 bridgehead atoms. The minimum absolute atomic E-state index is 0.0647. The summed E-state index contributed by atoms with van der Waals surface area (Å²) < 4.78 is 5.89. The number of imide groups is 1. The second-order valence-corrected chi connectivity index (χ2v) is 7.24. The summed E-state index contributed by atoms with van der Waals surface area (Å²) in [5.74, 6) is -0.535. The summed E-state index contributed by atoms with van der Waals surface area (Å²) in [6, 6.07) is 12.0. The lowest BCUT2D eigenvalue weighted by molar-refractivity contribution is -0.127. The molecule has 8 heteroatoms. The molecule has 2 aromatic rings. The average Bonchev–Trinajstić information content (AvgIpc) is 3.04. The van der Waals surface area contributed by atoms with Crippen LogP contribution in [0.5, 0.6) is 5.88 Å². The first-order chi connectivity index (χ1) is 14.0. The zero-order valence-corrected chi connectivity index (χ0v) is 15.9. The van der Waals surface area contributed by atoms with Crippen LogP contribution in [0.2, 0.25) is 0 Å². The third kappa shape index (κ3) is 3.78. The van der Waals surface area contributed by atoms with E-state index in [0.717, 1.165) is 5.69 Å². The number of hydrogen-bond donors (Lipinski definition) is 1. The molecule has 0 spiro atoms. The number of carbonyl (C=O) groups excluding carboxylic acids is 3. The Morgan fingerprint density at radius 1 is 1.03 bits per heavy atom. The fourth-order valence-corrected chi connectivity index (χ4v) is 3.94. The number of nitrogens with zero attached hydrogens (tertiary/aromatic N) is 3. The zero-order chi connectivity index (χ0) is 20.4. The lowest BCUT2D eigenvalue weighted by Gasteiger charge is -2.33. The quantitative estimate of drug-likeness (QED) is 0.784. The Labute approximate surface area is 168 Å². The molecule has 8 nitrogen and oxygen atoms in total. The highest BCUT2D eigenvalue weighted by atomic mass is 16.5. The normalized spacial score (nSPS) is 22.1. The second kappa shape index (κ2) is 7.90. The summed E-state index contributed by atoms with van der Waals surface area (Å²) in [6.07, 6.45) is 4.00. The fourth-order valence-electron chi connectivity index (χ4n) is 3.94. The number of nitrogens with two attached hydrogens (primary N) is 1. The Hall–Kier alpha value is -3.42. The van der Waals surface area contributed by atoms with Crippen molar-refractivity contribution in [3.63, 3.8) is 0 Å². The van der Waals surface area contributed by atoms with Crippen LogP contribution >= 0.6 is 0 Å². The number of hydrogen-bond acceptors (Lipinski definition) is 5. The highest BCUT2D eigenvalue weighted by Gasteiger charge is 2.42. The van der Waals surface area contributed by atoms with E-state index < -0.39 is 5.91 Å². The smallest absolute Gasteiger partial charge is 0.331 e. The van der Waals surface area contributed by atoms with Gasteiger partial charge in [0.25, 0.3) is 11.8 Å². The van der Waals surface area contributed by atoms with E-state index in [-0.39, 0.29) is 42.1 Å². The van der Waals surface area contributed by atoms with Crippen LogP contribution in [-0.2, 0) is 4.79 Å². The van der Waals surface area contributed by atoms with Gasteiger partial charge in [0.1, 0.15) is 18.2 Å². The van der Waals surface area contributed by atoms with Gasteiger partial charge in [-0.1, -0.05) is 18.2 Å². The molecule has 29 heavy (non-hydrogen) atoms. The number of aromatic nitrogens is 1. The van der Waals surface area contributed by atoms with Gasteiger partial charge in [-0.25, -0.2) is 9.78 Å². The molecule has 1 saturated carbocycles. The van der Waals surface area contributed by atoms with Crippen molar-refractivity contribution in [2.45, 2.75) is 37.8 Å². The maximum atomic E-state index is 12.8. The summed E-state index contributed by atoms with van der Waals surface area (Å²) in [5, 5.41) is 0. The van der Waals surface area contributed by atoms with Crippen molar-refractivity contribution in [1.29, 1.82) is 0 Å². The van der Waals surface area contributed by atoms with Crippen molar-refractivity contribution in [1.82, 2.24) is 9.88 Å². The lowest BCUT2D eigenvalue weighted by atomic mass is 9.92. The van der Waals surface area contributed by atoms with Crippen molar-refractivity contribution in [2.75, 3.05) is 11.4 Å². The molecule has 1 aromatic heterocycles. The number of primary amides is 1. The molecule has 1 saturated heterocycles. The van der Waals surface area contributed by atoms with E-state index in [4.69, 9.17) is 10.5 Å². The number of para-hydroxylation sites is 1. The first kappa shape index (κ1) is 18.9. The van der Waals surface area contributed by atoms with Gasteiger partial charge < -0.3 is 10.5 Å². The van der Waals surface area contributed by atoms with E-state index in [2.05, 4.69) is 4.98 Å². The highest BCUT2D eigenvalue weighted by molar-refractivity contribution is 6.12. The number of urea groups is 1. The van der Waals surface area contributed by atoms with Crippen LogP contribution in [0.25, 0.3) is 0 Å². The molecule has 4 amide bonds. The van der Waals surface area contributed by atoms with Crippen LogP contribution in [0.15, 0.2) is 48.7 Å². The van der Waals surface area contributed by atoms with Gasteiger partial charge in [0.05, 0.1) is 0 Å². The summed E-state index contributed by atoms with van der Waals surface area (Å²) in [4.78, 5) is 43.9. The molecule has 1 aromatic carbocycles. The van der Waals surface area contributed by atoms with E-state index >= 15 is 0 Å². The summed E-state index contributed by atoms with van der Waals surface area (Å²) in [5.41, 5.74) is 6.34. The second-order valence-electron chi connectivity index (χ2n) is 7.24. The van der Waals surface area contributed by atoms with Crippen molar-refractivity contribution in [3.05, 3.63) is 54.2 Å². The minimum Gasteiger partial charge on any atom is -0.474 e.